The lowest BCUT2D eigenvalue weighted by Crippen LogP contribution is -2.29. The van der Waals surface area contributed by atoms with Crippen molar-refractivity contribution in [1.82, 2.24) is 9.97 Å². The molecule has 0 spiro atoms. The standard InChI is InChI=1S/C19H17N3O2/c1-2-22-16-10-6-4-7-12(16)14(19(22)24)11-17-20-15-9-5-3-8-13(15)18(23)21-17/h3-10,14H,2,11H2,1H3,(H,20,21,23)/t14-/m0/s1. The first-order valence-electron chi connectivity index (χ1n) is 8.07. The molecule has 1 atom stereocenters. The Bertz CT molecular complexity index is 993. The molecule has 4 rings (SSSR count). The number of nitrogens with one attached hydrogen (secondary N) is 1. The molecule has 0 fully saturated rings. The summed E-state index contributed by atoms with van der Waals surface area (Å²) in [6, 6.07) is 15.1. The molecule has 5 nitrogen and oxygen atoms in total. The minimum absolute atomic E-state index is 0.0644. The van der Waals surface area contributed by atoms with Crippen LogP contribution in [-0.2, 0) is 11.2 Å². The Kier molecular flexibility index (Phi) is 3.41. The zero-order valence-electron chi connectivity index (χ0n) is 13.3. The average Bonchev–Trinajstić information content (AvgIpc) is 2.87. The number of hydrogen-bond donors (Lipinski definition) is 1. The van der Waals surface area contributed by atoms with Gasteiger partial charge in [0.25, 0.3) is 5.56 Å². The number of anilines is 1. The molecule has 1 amide bonds. The first-order chi connectivity index (χ1) is 11.7. The molecule has 2 aromatic carbocycles. The Morgan fingerprint density at radius 1 is 1.08 bits per heavy atom. The number of carbonyl (C=O) groups excluding carboxylic acids is 1. The van der Waals surface area contributed by atoms with Crippen LogP contribution in [0.2, 0.25) is 0 Å². The highest BCUT2D eigenvalue weighted by molar-refractivity contribution is 6.05. The van der Waals surface area contributed by atoms with E-state index in [1.165, 1.54) is 0 Å². The summed E-state index contributed by atoms with van der Waals surface area (Å²) in [6.07, 6.45) is 0.395. The second kappa shape index (κ2) is 5.60. The molecule has 1 aliphatic rings. The van der Waals surface area contributed by atoms with Gasteiger partial charge in [0, 0.05) is 18.7 Å². The van der Waals surface area contributed by atoms with Crippen LogP contribution in [0.3, 0.4) is 0 Å². The molecule has 0 aliphatic carbocycles. The number of rotatable bonds is 3. The Morgan fingerprint density at radius 3 is 2.67 bits per heavy atom. The van der Waals surface area contributed by atoms with Crippen molar-refractivity contribution in [3.8, 4) is 0 Å². The summed E-state index contributed by atoms with van der Waals surface area (Å²) in [5.74, 6) is 0.310. The van der Waals surface area contributed by atoms with Crippen molar-refractivity contribution < 1.29 is 4.79 Å². The molecule has 1 aliphatic heterocycles. The number of para-hydroxylation sites is 2. The molecule has 3 aromatic rings. The van der Waals surface area contributed by atoms with Crippen LogP contribution in [-0.4, -0.2) is 22.4 Å². The van der Waals surface area contributed by atoms with E-state index in [2.05, 4.69) is 9.97 Å². The number of fused-ring (bicyclic) bond motifs is 2. The van der Waals surface area contributed by atoms with Crippen molar-refractivity contribution in [2.24, 2.45) is 0 Å². The Morgan fingerprint density at radius 2 is 1.83 bits per heavy atom. The smallest absolute Gasteiger partial charge is 0.258 e. The summed E-state index contributed by atoms with van der Waals surface area (Å²) in [5, 5.41) is 0.564. The van der Waals surface area contributed by atoms with E-state index < -0.39 is 0 Å². The second-order valence-corrected chi connectivity index (χ2v) is 5.93. The number of carbonyl (C=O) groups is 1. The topological polar surface area (TPSA) is 66.1 Å². The molecule has 0 radical (unpaired) electrons. The van der Waals surface area contributed by atoms with Gasteiger partial charge in [0.1, 0.15) is 5.82 Å². The van der Waals surface area contributed by atoms with Gasteiger partial charge >= 0.3 is 0 Å². The predicted octanol–water partition coefficient (Wildman–Crippen LogP) is 2.62. The maximum Gasteiger partial charge on any atom is 0.258 e. The van der Waals surface area contributed by atoms with Crippen LogP contribution >= 0.6 is 0 Å². The summed E-state index contributed by atoms with van der Waals surface area (Å²) >= 11 is 0. The number of aromatic amines is 1. The van der Waals surface area contributed by atoms with Gasteiger partial charge in [-0.25, -0.2) is 4.98 Å². The van der Waals surface area contributed by atoms with Crippen molar-refractivity contribution >= 4 is 22.5 Å². The van der Waals surface area contributed by atoms with E-state index >= 15 is 0 Å². The molecular weight excluding hydrogens is 302 g/mol. The van der Waals surface area contributed by atoms with Gasteiger partial charge in [-0.15, -0.1) is 0 Å². The Labute approximate surface area is 139 Å². The summed E-state index contributed by atoms with van der Waals surface area (Å²) in [6.45, 7) is 2.60. The molecule has 120 valence electrons. The van der Waals surface area contributed by atoms with E-state index in [0.29, 0.717) is 29.7 Å². The van der Waals surface area contributed by atoms with Crippen LogP contribution in [0, 0.1) is 0 Å². The van der Waals surface area contributed by atoms with Gasteiger partial charge in [0.15, 0.2) is 0 Å². The molecule has 0 unspecified atom stereocenters. The fourth-order valence-corrected chi connectivity index (χ4v) is 3.42. The number of hydrogen-bond acceptors (Lipinski definition) is 3. The number of likely N-dealkylation sites (N-methyl/N-ethyl adjacent to an activating group) is 1. The maximum atomic E-state index is 12.8. The maximum absolute atomic E-state index is 12.8. The van der Waals surface area contributed by atoms with Crippen LogP contribution in [0.1, 0.15) is 24.2 Å². The van der Waals surface area contributed by atoms with Gasteiger partial charge in [-0.1, -0.05) is 30.3 Å². The Hall–Kier alpha value is -2.95. The molecule has 5 heteroatoms. The summed E-state index contributed by atoms with van der Waals surface area (Å²) in [4.78, 5) is 34.1. The van der Waals surface area contributed by atoms with Gasteiger partial charge in [-0.2, -0.15) is 0 Å². The highest BCUT2D eigenvalue weighted by Crippen LogP contribution is 2.38. The van der Waals surface area contributed by atoms with Crippen LogP contribution in [0.4, 0.5) is 5.69 Å². The number of amides is 1. The molecular formula is C19H17N3O2. The molecule has 1 N–H and O–H groups in total. The van der Waals surface area contributed by atoms with Gasteiger partial charge in [0.2, 0.25) is 5.91 Å². The summed E-state index contributed by atoms with van der Waals surface area (Å²) in [7, 11) is 0. The van der Waals surface area contributed by atoms with E-state index in [-0.39, 0.29) is 17.4 Å². The lowest BCUT2D eigenvalue weighted by molar-refractivity contribution is -0.119. The third kappa shape index (κ3) is 2.21. The van der Waals surface area contributed by atoms with Crippen molar-refractivity contribution in [2.75, 3.05) is 11.4 Å². The molecule has 2 heterocycles. The third-order valence-electron chi connectivity index (χ3n) is 4.54. The lowest BCUT2D eigenvalue weighted by atomic mass is 9.97. The quantitative estimate of drug-likeness (QED) is 0.807. The molecule has 1 aromatic heterocycles. The highest BCUT2D eigenvalue weighted by atomic mass is 16.2. The third-order valence-corrected chi connectivity index (χ3v) is 4.54. The number of benzene rings is 2. The lowest BCUT2D eigenvalue weighted by Gasteiger charge is -2.15. The van der Waals surface area contributed by atoms with Crippen LogP contribution < -0.4 is 10.5 Å². The van der Waals surface area contributed by atoms with Crippen molar-refractivity contribution in [3.63, 3.8) is 0 Å². The normalized spacial score (nSPS) is 16.6. The highest BCUT2D eigenvalue weighted by Gasteiger charge is 2.36. The van der Waals surface area contributed by atoms with Crippen LogP contribution in [0.25, 0.3) is 10.9 Å². The van der Waals surface area contributed by atoms with Crippen molar-refractivity contribution in [3.05, 3.63) is 70.3 Å². The summed E-state index contributed by atoms with van der Waals surface area (Å²) < 4.78 is 0. The molecule has 0 saturated heterocycles. The monoisotopic (exact) mass is 319 g/mol. The van der Waals surface area contributed by atoms with Gasteiger partial charge in [-0.05, 0) is 30.7 Å². The SMILES string of the molecule is CCN1C(=O)[C@@H](Cc2nc3ccccc3c(=O)[nH]2)c2ccccc21. The van der Waals surface area contributed by atoms with E-state index in [0.717, 1.165) is 11.3 Å². The largest absolute Gasteiger partial charge is 0.312 e. The van der Waals surface area contributed by atoms with Crippen LogP contribution in [0.15, 0.2) is 53.3 Å². The minimum Gasteiger partial charge on any atom is -0.312 e. The first kappa shape index (κ1) is 14.6. The fourth-order valence-electron chi connectivity index (χ4n) is 3.42. The van der Waals surface area contributed by atoms with Crippen molar-refractivity contribution in [2.45, 2.75) is 19.3 Å². The Balaban J connectivity index is 1.76. The van der Waals surface area contributed by atoms with Gasteiger partial charge in [0.05, 0.1) is 16.8 Å². The van der Waals surface area contributed by atoms with Crippen LogP contribution in [0.5, 0.6) is 0 Å². The van der Waals surface area contributed by atoms with Gasteiger partial charge < -0.3 is 9.88 Å². The second-order valence-electron chi connectivity index (χ2n) is 5.93. The van der Waals surface area contributed by atoms with Crippen molar-refractivity contribution in [1.29, 1.82) is 0 Å². The molecule has 0 saturated carbocycles. The number of nitrogens with zero attached hydrogens (tertiary/aromatic N) is 2. The van der Waals surface area contributed by atoms with E-state index in [1.54, 1.807) is 11.0 Å². The van der Waals surface area contributed by atoms with Gasteiger partial charge in [-0.3, -0.25) is 9.59 Å². The van der Waals surface area contributed by atoms with E-state index in [9.17, 15) is 9.59 Å². The number of H-pyrrole nitrogens is 1. The van der Waals surface area contributed by atoms with E-state index in [1.807, 2.05) is 49.4 Å². The zero-order valence-corrected chi connectivity index (χ0v) is 13.3. The average molecular weight is 319 g/mol. The predicted molar refractivity (Wildman–Crippen MR) is 93.3 cm³/mol. The van der Waals surface area contributed by atoms with E-state index in [4.69, 9.17) is 0 Å². The minimum atomic E-state index is -0.300. The molecule has 0 bridgehead atoms. The fraction of sp³-hybridized carbons (Fsp3) is 0.211. The molecule has 24 heavy (non-hydrogen) atoms. The summed E-state index contributed by atoms with van der Waals surface area (Å²) in [5.41, 5.74) is 2.45. The zero-order chi connectivity index (χ0) is 16.7. The first-order valence-corrected chi connectivity index (χ1v) is 8.07. The number of aromatic nitrogens is 2.